The molecule has 0 aliphatic carbocycles. The summed E-state index contributed by atoms with van der Waals surface area (Å²) in [5.41, 5.74) is -0.129. The molecule has 0 spiro atoms. The van der Waals surface area contributed by atoms with Crippen molar-refractivity contribution in [3.63, 3.8) is 0 Å². The van der Waals surface area contributed by atoms with E-state index in [1.807, 2.05) is 0 Å². The molecule has 1 aliphatic heterocycles. The van der Waals surface area contributed by atoms with Gasteiger partial charge in [-0.3, -0.25) is 5.32 Å². The molecular formula is C10H17N3O4. The lowest BCUT2D eigenvalue weighted by molar-refractivity contribution is -0.146. The van der Waals surface area contributed by atoms with Crippen molar-refractivity contribution in [3.05, 3.63) is 11.4 Å². The van der Waals surface area contributed by atoms with Crippen molar-refractivity contribution in [2.75, 3.05) is 26.6 Å². The SMILES string of the molecule is CCOC(=O)C(C(=O)OCC)=C1NCNCN1. The van der Waals surface area contributed by atoms with Crippen LogP contribution in [0.15, 0.2) is 11.4 Å². The van der Waals surface area contributed by atoms with Crippen molar-refractivity contribution in [3.8, 4) is 0 Å². The number of rotatable bonds is 4. The predicted octanol–water partition coefficient (Wildman–Crippen LogP) is -0.978. The molecule has 7 heteroatoms. The molecule has 0 unspecified atom stereocenters. The molecule has 1 saturated heterocycles. The fraction of sp³-hybridized carbons (Fsp3) is 0.600. The maximum Gasteiger partial charge on any atom is 0.349 e. The summed E-state index contributed by atoms with van der Waals surface area (Å²) in [6.45, 7) is 4.68. The number of esters is 2. The Morgan fingerprint density at radius 2 is 1.53 bits per heavy atom. The van der Waals surface area contributed by atoms with Crippen molar-refractivity contribution < 1.29 is 19.1 Å². The molecule has 0 aromatic rings. The third-order valence-corrected chi connectivity index (χ3v) is 1.99. The first-order valence-corrected chi connectivity index (χ1v) is 5.47. The lowest BCUT2D eigenvalue weighted by Gasteiger charge is -2.22. The van der Waals surface area contributed by atoms with Gasteiger partial charge in [-0.05, 0) is 13.8 Å². The quantitative estimate of drug-likeness (QED) is 0.253. The Morgan fingerprint density at radius 3 is 1.94 bits per heavy atom. The molecular weight excluding hydrogens is 226 g/mol. The van der Waals surface area contributed by atoms with Crippen LogP contribution in [0.5, 0.6) is 0 Å². The van der Waals surface area contributed by atoms with Gasteiger partial charge < -0.3 is 20.1 Å². The average molecular weight is 243 g/mol. The summed E-state index contributed by atoms with van der Waals surface area (Å²) in [5.74, 6) is -1.05. The van der Waals surface area contributed by atoms with Crippen LogP contribution in [0.2, 0.25) is 0 Å². The first kappa shape index (κ1) is 13.3. The molecule has 1 fully saturated rings. The Balaban J connectivity index is 2.91. The molecule has 1 heterocycles. The molecule has 0 amide bonds. The Labute approximate surface area is 99.5 Å². The van der Waals surface area contributed by atoms with E-state index >= 15 is 0 Å². The number of nitrogens with one attached hydrogen (secondary N) is 3. The highest BCUT2D eigenvalue weighted by Crippen LogP contribution is 2.06. The van der Waals surface area contributed by atoms with Crippen molar-refractivity contribution in [1.82, 2.24) is 16.0 Å². The zero-order valence-corrected chi connectivity index (χ0v) is 9.96. The third-order valence-electron chi connectivity index (χ3n) is 1.99. The molecule has 0 atom stereocenters. The van der Waals surface area contributed by atoms with Gasteiger partial charge in [-0.25, -0.2) is 9.59 Å². The van der Waals surface area contributed by atoms with E-state index in [1.54, 1.807) is 13.8 Å². The van der Waals surface area contributed by atoms with Crippen molar-refractivity contribution in [1.29, 1.82) is 0 Å². The summed E-state index contributed by atoms with van der Waals surface area (Å²) in [4.78, 5) is 23.4. The van der Waals surface area contributed by atoms with Crippen LogP contribution in [0.25, 0.3) is 0 Å². The molecule has 0 saturated carbocycles. The minimum absolute atomic E-state index is 0.129. The highest BCUT2D eigenvalue weighted by atomic mass is 16.6. The van der Waals surface area contributed by atoms with Crippen LogP contribution in [-0.2, 0) is 19.1 Å². The summed E-state index contributed by atoms with van der Waals surface area (Å²) in [7, 11) is 0. The molecule has 7 nitrogen and oxygen atoms in total. The summed E-state index contributed by atoms with van der Waals surface area (Å²) in [5, 5.41) is 8.66. The number of hydrogen-bond acceptors (Lipinski definition) is 7. The van der Waals surface area contributed by atoms with Gasteiger partial charge in [0.05, 0.1) is 26.6 Å². The fourth-order valence-electron chi connectivity index (χ4n) is 1.30. The molecule has 0 aromatic heterocycles. The Hall–Kier alpha value is -1.76. The number of ether oxygens (including phenoxy) is 2. The van der Waals surface area contributed by atoms with Gasteiger partial charge in [-0.15, -0.1) is 0 Å². The monoisotopic (exact) mass is 243 g/mol. The minimum atomic E-state index is -0.692. The van der Waals surface area contributed by atoms with E-state index in [0.717, 1.165) is 0 Å². The highest BCUT2D eigenvalue weighted by Gasteiger charge is 2.27. The molecule has 1 aliphatic rings. The highest BCUT2D eigenvalue weighted by molar-refractivity contribution is 6.14. The second-order valence-corrected chi connectivity index (χ2v) is 3.15. The Bertz CT molecular complexity index is 300. The molecule has 0 radical (unpaired) electrons. The first-order valence-electron chi connectivity index (χ1n) is 5.47. The van der Waals surface area contributed by atoms with Crippen LogP contribution in [0.4, 0.5) is 0 Å². The van der Waals surface area contributed by atoms with Crippen molar-refractivity contribution in [2.24, 2.45) is 0 Å². The van der Waals surface area contributed by atoms with Gasteiger partial charge in [0.1, 0.15) is 5.82 Å². The van der Waals surface area contributed by atoms with Gasteiger partial charge in [0.25, 0.3) is 0 Å². The topological polar surface area (TPSA) is 88.7 Å². The van der Waals surface area contributed by atoms with E-state index < -0.39 is 11.9 Å². The lowest BCUT2D eigenvalue weighted by atomic mass is 10.2. The number of hydrogen-bond donors (Lipinski definition) is 3. The van der Waals surface area contributed by atoms with Gasteiger partial charge >= 0.3 is 11.9 Å². The van der Waals surface area contributed by atoms with Crippen LogP contribution in [0.3, 0.4) is 0 Å². The second-order valence-electron chi connectivity index (χ2n) is 3.15. The van der Waals surface area contributed by atoms with Gasteiger partial charge in [-0.1, -0.05) is 0 Å². The number of carbonyl (C=O) groups excluding carboxylic acids is 2. The lowest BCUT2D eigenvalue weighted by Crippen LogP contribution is -2.48. The summed E-state index contributed by atoms with van der Waals surface area (Å²) in [6, 6.07) is 0. The second kappa shape index (κ2) is 6.74. The van der Waals surface area contributed by atoms with E-state index in [9.17, 15) is 9.59 Å². The normalized spacial score (nSPS) is 14.4. The van der Waals surface area contributed by atoms with E-state index in [1.165, 1.54) is 0 Å². The average Bonchev–Trinajstić information content (AvgIpc) is 2.31. The predicted molar refractivity (Wildman–Crippen MR) is 59.4 cm³/mol. The van der Waals surface area contributed by atoms with Crippen LogP contribution in [0, 0.1) is 0 Å². The molecule has 0 bridgehead atoms. The number of carbonyl (C=O) groups is 2. The van der Waals surface area contributed by atoms with E-state index in [4.69, 9.17) is 9.47 Å². The largest absolute Gasteiger partial charge is 0.462 e. The summed E-state index contributed by atoms with van der Waals surface area (Å²) >= 11 is 0. The Morgan fingerprint density at radius 1 is 1.06 bits per heavy atom. The van der Waals surface area contributed by atoms with Crippen LogP contribution >= 0.6 is 0 Å². The van der Waals surface area contributed by atoms with Crippen molar-refractivity contribution in [2.45, 2.75) is 13.8 Å². The molecule has 17 heavy (non-hydrogen) atoms. The van der Waals surface area contributed by atoms with E-state index in [-0.39, 0.29) is 18.8 Å². The van der Waals surface area contributed by atoms with Crippen LogP contribution in [0.1, 0.15) is 13.8 Å². The molecule has 1 rings (SSSR count). The summed E-state index contributed by atoms with van der Waals surface area (Å²) < 4.78 is 9.65. The van der Waals surface area contributed by atoms with Crippen molar-refractivity contribution >= 4 is 11.9 Å². The fourth-order valence-corrected chi connectivity index (χ4v) is 1.30. The van der Waals surface area contributed by atoms with Gasteiger partial charge in [0.2, 0.25) is 0 Å². The standard InChI is InChI=1S/C10H17N3O4/c1-3-16-9(14)7(10(15)17-4-2)8-12-5-11-6-13-8/h11-13H,3-6H2,1-2H3. The third kappa shape index (κ3) is 3.63. The maximum absolute atomic E-state index is 11.7. The smallest absolute Gasteiger partial charge is 0.349 e. The van der Waals surface area contributed by atoms with Crippen LogP contribution in [-0.4, -0.2) is 38.5 Å². The van der Waals surface area contributed by atoms with E-state index in [0.29, 0.717) is 19.2 Å². The minimum Gasteiger partial charge on any atom is -0.462 e. The van der Waals surface area contributed by atoms with Gasteiger partial charge in [0, 0.05) is 0 Å². The van der Waals surface area contributed by atoms with Crippen LogP contribution < -0.4 is 16.0 Å². The van der Waals surface area contributed by atoms with Gasteiger partial charge in [0.15, 0.2) is 5.57 Å². The van der Waals surface area contributed by atoms with Gasteiger partial charge in [-0.2, -0.15) is 0 Å². The molecule has 0 aromatic carbocycles. The summed E-state index contributed by atoms with van der Waals surface area (Å²) in [6.07, 6.45) is 0. The Kier molecular flexibility index (Phi) is 5.28. The first-order chi connectivity index (χ1) is 8.20. The van der Waals surface area contributed by atoms with E-state index in [2.05, 4.69) is 16.0 Å². The zero-order valence-electron chi connectivity index (χ0n) is 9.96. The maximum atomic E-state index is 11.7. The molecule has 96 valence electrons. The molecule has 3 N–H and O–H groups in total. The zero-order chi connectivity index (χ0) is 12.7.